The summed E-state index contributed by atoms with van der Waals surface area (Å²) in [6.07, 6.45) is 0.0524. The van der Waals surface area contributed by atoms with E-state index in [1.165, 1.54) is 19.1 Å². The minimum absolute atomic E-state index is 0.0524. The number of non-ortho nitro benzene ring substituents is 1. The third-order valence-corrected chi connectivity index (χ3v) is 3.11. The van der Waals surface area contributed by atoms with E-state index in [1.807, 2.05) is 0 Å². The lowest BCUT2D eigenvalue weighted by atomic mass is 10.1. The molecule has 0 saturated carbocycles. The van der Waals surface area contributed by atoms with E-state index in [0.29, 0.717) is 11.3 Å². The van der Waals surface area contributed by atoms with Gasteiger partial charge in [0.15, 0.2) is 0 Å². The molecule has 0 aliphatic rings. The Morgan fingerprint density at radius 3 is 2.33 bits per heavy atom. The van der Waals surface area contributed by atoms with E-state index in [4.69, 9.17) is 0 Å². The van der Waals surface area contributed by atoms with Gasteiger partial charge in [0.1, 0.15) is 5.75 Å². The predicted octanol–water partition coefficient (Wildman–Crippen LogP) is 2.44. The van der Waals surface area contributed by atoms with Gasteiger partial charge in [0, 0.05) is 18.7 Å². The first-order valence-electron chi connectivity index (χ1n) is 6.99. The molecule has 0 atom stereocenters. The Balaban J connectivity index is 2.00. The second-order valence-electron chi connectivity index (χ2n) is 5.06. The van der Waals surface area contributed by atoms with Crippen LogP contribution in [0.4, 0.5) is 17.1 Å². The number of hydrogen-bond donors (Lipinski definition) is 3. The van der Waals surface area contributed by atoms with Gasteiger partial charge in [0.05, 0.1) is 23.1 Å². The third-order valence-electron chi connectivity index (χ3n) is 3.11. The van der Waals surface area contributed by atoms with Crippen LogP contribution in [-0.4, -0.2) is 21.8 Å². The number of nitrogens with one attached hydrogen (secondary N) is 2. The number of phenols is 1. The molecule has 0 spiro atoms. The highest BCUT2D eigenvalue weighted by Crippen LogP contribution is 2.27. The van der Waals surface area contributed by atoms with Crippen molar-refractivity contribution in [3.63, 3.8) is 0 Å². The fraction of sp³-hybridized carbons (Fsp3) is 0.125. The zero-order valence-electron chi connectivity index (χ0n) is 12.8. The normalized spacial score (nSPS) is 10.0. The summed E-state index contributed by atoms with van der Waals surface area (Å²) in [6.45, 7) is 1.40. The molecule has 2 aromatic carbocycles. The van der Waals surface area contributed by atoms with Crippen molar-refractivity contribution in [3.05, 3.63) is 58.1 Å². The molecule has 0 unspecified atom stereocenters. The molecule has 24 heavy (non-hydrogen) atoms. The van der Waals surface area contributed by atoms with Gasteiger partial charge in [-0.25, -0.2) is 0 Å². The lowest BCUT2D eigenvalue weighted by Gasteiger charge is -2.08. The summed E-state index contributed by atoms with van der Waals surface area (Å²) in [4.78, 5) is 32.9. The molecule has 2 rings (SSSR count). The van der Waals surface area contributed by atoms with Crippen LogP contribution < -0.4 is 10.6 Å². The fourth-order valence-electron chi connectivity index (χ4n) is 2.03. The number of rotatable bonds is 5. The highest BCUT2D eigenvalue weighted by atomic mass is 16.6. The average Bonchev–Trinajstić information content (AvgIpc) is 2.50. The van der Waals surface area contributed by atoms with Crippen molar-refractivity contribution in [1.82, 2.24) is 0 Å². The summed E-state index contributed by atoms with van der Waals surface area (Å²) in [5.74, 6) is -0.945. The minimum atomic E-state index is -0.637. The highest BCUT2D eigenvalue weighted by molar-refractivity contribution is 5.94. The van der Waals surface area contributed by atoms with E-state index in [9.17, 15) is 24.8 Å². The first kappa shape index (κ1) is 16.9. The number of hydrogen-bond acceptors (Lipinski definition) is 5. The minimum Gasteiger partial charge on any atom is -0.506 e. The molecule has 0 bridgehead atoms. The van der Waals surface area contributed by atoms with Crippen molar-refractivity contribution in [2.24, 2.45) is 0 Å². The van der Waals surface area contributed by atoms with E-state index in [1.54, 1.807) is 24.3 Å². The topological polar surface area (TPSA) is 122 Å². The summed E-state index contributed by atoms with van der Waals surface area (Å²) >= 11 is 0. The van der Waals surface area contributed by atoms with Crippen LogP contribution in [-0.2, 0) is 16.0 Å². The van der Waals surface area contributed by atoms with Crippen LogP contribution in [0.2, 0.25) is 0 Å². The molecular formula is C16H15N3O5. The van der Waals surface area contributed by atoms with Gasteiger partial charge in [-0.2, -0.15) is 0 Å². The molecule has 8 heteroatoms. The molecule has 0 heterocycles. The Morgan fingerprint density at radius 2 is 1.79 bits per heavy atom. The van der Waals surface area contributed by atoms with Gasteiger partial charge in [-0.1, -0.05) is 12.1 Å². The van der Waals surface area contributed by atoms with Crippen molar-refractivity contribution >= 4 is 28.9 Å². The number of nitro benzene ring substituents is 1. The van der Waals surface area contributed by atoms with Gasteiger partial charge in [0.25, 0.3) is 5.69 Å². The van der Waals surface area contributed by atoms with Gasteiger partial charge < -0.3 is 15.7 Å². The lowest BCUT2D eigenvalue weighted by molar-refractivity contribution is -0.384. The van der Waals surface area contributed by atoms with Crippen molar-refractivity contribution < 1.29 is 19.6 Å². The fourth-order valence-corrected chi connectivity index (χ4v) is 2.03. The molecule has 2 aromatic rings. The Morgan fingerprint density at radius 1 is 1.12 bits per heavy atom. The Hall–Kier alpha value is -3.42. The maximum atomic E-state index is 12.0. The van der Waals surface area contributed by atoms with Gasteiger partial charge in [0.2, 0.25) is 11.8 Å². The van der Waals surface area contributed by atoms with E-state index < -0.39 is 4.92 Å². The third kappa shape index (κ3) is 4.54. The summed E-state index contributed by atoms with van der Waals surface area (Å²) in [6, 6.07) is 10.2. The van der Waals surface area contributed by atoms with Crippen molar-refractivity contribution in [2.75, 3.05) is 10.6 Å². The number of nitrogens with zero attached hydrogens (tertiary/aromatic N) is 1. The molecule has 0 aliphatic carbocycles. The Bertz CT molecular complexity index is 787. The Labute approximate surface area is 137 Å². The molecule has 2 amide bonds. The van der Waals surface area contributed by atoms with E-state index in [0.717, 1.165) is 6.07 Å². The second-order valence-corrected chi connectivity index (χ2v) is 5.06. The molecule has 8 nitrogen and oxygen atoms in total. The first-order valence-corrected chi connectivity index (χ1v) is 6.99. The number of phenolic OH excluding ortho intramolecular Hbond substituents is 1. The van der Waals surface area contributed by atoms with E-state index in [-0.39, 0.29) is 35.4 Å². The number of aromatic hydroxyl groups is 1. The van der Waals surface area contributed by atoms with Gasteiger partial charge in [-0.15, -0.1) is 0 Å². The highest BCUT2D eigenvalue weighted by Gasteiger charge is 2.12. The SMILES string of the molecule is CC(=O)Nc1ccc(CC(=O)Nc2ccc([N+](=O)[O-])cc2O)cc1. The van der Waals surface area contributed by atoms with Crippen molar-refractivity contribution in [3.8, 4) is 5.75 Å². The summed E-state index contributed by atoms with van der Waals surface area (Å²) in [5.41, 5.74) is 1.17. The van der Waals surface area contributed by atoms with Crippen molar-refractivity contribution in [1.29, 1.82) is 0 Å². The summed E-state index contributed by atoms with van der Waals surface area (Å²) in [5, 5.41) is 25.4. The number of nitro groups is 1. The van der Waals surface area contributed by atoms with Crippen LogP contribution in [0.3, 0.4) is 0 Å². The zero-order valence-corrected chi connectivity index (χ0v) is 12.8. The number of benzene rings is 2. The molecule has 0 saturated heterocycles. The molecule has 0 aromatic heterocycles. The van der Waals surface area contributed by atoms with Gasteiger partial charge in [-0.05, 0) is 23.8 Å². The monoisotopic (exact) mass is 329 g/mol. The van der Waals surface area contributed by atoms with Crippen LogP contribution in [0.1, 0.15) is 12.5 Å². The zero-order chi connectivity index (χ0) is 17.7. The molecular weight excluding hydrogens is 314 g/mol. The maximum Gasteiger partial charge on any atom is 0.273 e. The predicted molar refractivity (Wildman–Crippen MR) is 87.8 cm³/mol. The smallest absolute Gasteiger partial charge is 0.273 e. The summed E-state index contributed by atoms with van der Waals surface area (Å²) in [7, 11) is 0. The molecule has 0 fully saturated rings. The second kappa shape index (κ2) is 7.23. The maximum absolute atomic E-state index is 12.0. The average molecular weight is 329 g/mol. The quantitative estimate of drug-likeness (QED) is 0.442. The van der Waals surface area contributed by atoms with Crippen molar-refractivity contribution in [2.45, 2.75) is 13.3 Å². The standard InChI is InChI=1S/C16H15N3O5/c1-10(20)17-12-4-2-11(3-5-12)8-16(22)18-14-7-6-13(19(23)24)9-15(14)21/h2-7,9,21H,8H2,1H3,(H,17,20)(H,18,22). The lowest BCUT2D eigenvalue weighted by Crippen LogP contribution is -2.14. The molecule has 124 valence electrons. The summed E-state index contributed by atoms with van der Waals surface area (Å²) < 4.78 is 0. The number of amides is 2. The largest absolute Gasteiger partial charge is 0.506 e. The van der Waals surface area contributed by atoms with E-state index >= 15 is 0 Å². The molecule has 0 aliphatic heterocycles. The number of carbonyl (C=O) groups is 2. The van der Waals surface area contributed by atoms with Crippen LogP contribution in [0.25, 0.3) is 0 Å². The van der Waals surface area contributed by atoms with Crippen LogP contribution in [0, 0.1) is 10.1 Å². The van der Waals surface area contributed by atoms with Crippen LogP contribution in [0.15, 0.2) is 42.5 Å². The molecule has 3 N–H and O–H groups in total. The molecule has 0 radical (unpaired) electrons. The van der Waals surface area contributed by atoms with Crippen LogP contribution >= 0.6 is 0 Å². The van der Waals surface area contributed by atoms with E-state index in [2.05, 4.69) is 10.6 Å². The number of carbonyl (C=O) groups excluding carboxylic acids is 2. The first-order chi connectivity index (χ1) is 11.3. The Kier molecular flexibility index (Phi) is 5.10. The van der Waals surface area contributed by atoms with Gasteiger partial charge >= 0.3 is 0 Å². The number of anilines is 2. The van der Waals surface area contributed by atoms with Gasteiger partial charge in [-0.3, -0.25) is 19.7 Å². The van der Waals surface area contributed by atoms with Crippen LogP contribution in [0.5, 0.6) is 5.75 Å².